The number of fused-ring (bicyclic) bond motifs is 1. The van der Waals surface area contributed by atoms with Crippen molar-refractivity contribution in [1.29, 1.82) is 0 Å². The summed E-state index contributed by atoms with van der Waals surface area (Å²) >= 11 is 17.8. The summed E-state index contributed by atoms with van der Waals surface area (Å²) in [4.78, 5) is 16.3. The van der Waals surface area contributed by atoms with Gasteiger partial charge in [0.15, 0.2) is 0 Å². The van der Waals surface area contributed by atoms with Gasteiger partial charge in [-0.1, -0.05) is 37.0 Å². The summed E-state index contributed by atoms with van der Waals surface area (Å²) in [5, 5.41) is 13.8. The highest BCUT2D eigenvalue weighted by Gasteiger charge is 2.19. The fraction of sp³-hybridized carbons (Fsp3) is 0.300. The first-order valence-corrected chi connectivity index (χ1v) is 10.1. The van der Waals surface area contributed by atoms with Crippen LogP contribution in [0.15, 0.2) is 30.3 Å². The Kier molecular flexibility index (Phi) is 6.38. The molecule has 1 heterocycles. The number of halogens is 3. The molecule has 0 fully saturated rings. The number of amides is 1. The van der Waals surface area contributed by atoms with Gasteiger partial charge in [-0.25, -0.2) is 4.98 Å². The number of anilines is 1. The molecule has 0 spiro atoms. The van der Waals surface area contributed by atoms with Gasteiger partial charge in [-0.05, 0) is 42.7 Å². The van der Waals surface area contributed by atoms with Gasteiger partial charge < -0.3 is 15.0 Å². The number of nitrogens with one attached hydrogen (secondary N) is 1. The quantitative estimate of drug-likeness (QED) is 0.466. The number of aromatic hydroxyl groups is 1. The SMILES string of the molecule is CC(C)CCn1c(-c2cc(Cl)cc(Cl)c2O)nc2cc(NC(=O)CCl)ccc21. The van der Waals surface area contributed by atoms with Crippen molar-refractivity contribution in [3.8, 4) is 17.1 Å². The molecule has 0 radical (unpaired) electrons. The largest absolute Gasteiger partial charge is 0.506 e. The number of carbonyl (C=O) groups excluding carboxylic acids is 1. The van der Waals surface area contributed by atoms with E-state index in [0.29, 0.717) is 40.1 Å². The fourth-order valence-electron chi connectivity index (χ4n) is 2.96. The van der Waals surface area contributed by atoms with Crippen molar-refractivity contribution in [1.82, 2.24) is 9.55 Å². The molecule has 0 atom stereocenters. The van der Waals surface area contributed by atoms with E-state index in [1.54, 1.807) is 18.2 Å². The number of hydrogen-bond donors (Lipinski definition) is 2. The van der Waals surface area contributed by atoms with Gasteiger partial charge in [0.1, 0.15) is 17.5 Å². The molecule has 3 aromatic rings. The smallest absolute Gasteiger partial charge is 0.239 e. The van der Waals surface area contributed by atoms with Crippen LogP contribution in [0.3, 0.4) is 0 Å². The molecule has 0 aliphatic heterocycles. The number of imidazole rings is 1. The lowest BCUT2D eigenvalue weighted by Gasteiger charge is -2.13. The number of phenolic OH excluding ortho intramolecular Hbond substituents is 1. The van der Waals surface area contributed by atoms with E-state index in [1.807, 2.05) is 10.6 Å². The lowest BCUT2D eigenvalue weighted by atomic mass is 10.1. The van der Waals surface area contributed by atoms with Gasteiger partial charge >= 0.3 is 0 Å². The van der Waals surface area contributed by atoms with Crippen molar-refractivity contribution in [3.05, 3.63) is 40.4 Å². The van der Waals surface area contributed by atoms with E-state index in [9.17, 15) is 9.90 Å². The highest BCUT2D eigenvalue weighted by atomic mass is 35.5. The average molecular weight is 441 g/mol. The molecule has 0 aliphatic carbocycles. The third-order valence-electron chi connectivity index (χ3n) is 4.35. The lowest BCUT2D eigenvalue weighted by Crippen LogP contribution is -2.12. The van der Waals surface area contributed by atoms with Gasteiger partial charge in [0.2, 0.25) is 5.91 Å². The summed E-state index contributed by atoms with van der Waals surface area (Å²) in [5.74, 6) is 0.575. The van der Waals surface area contributed by atoms with Crippen LogP contribution in [0.25, 0.3) is 22.4 Å². The molecule has 0 aliphatic rings. The summed E-state index contributed by atoms with van der Waals surface area (Å²) in [6, 6.07) is 8.60. The van der Waals surface area contributed by atoms with Crippen molar-refractivity contribution in [2.75, 3.05) is 11.2 Å². The molecular formula is C20H20Cl3N3O2. The molecule has 3 rings (SSSR count). The van der Waals surface area contributed by atoms with Crippen molar-refractivity contribution in [3.63, 3.8) is 0 Å². The minimum Gasteiger partial charge on any atom is -0.506 e. The molecule has 28 heavy (non-hydrogen) atoms. The number of aryl methyl sites for hydroxylation is 1. The zero-order chi connectivity index (χ0) is 20.4. The zero-order valence-electron chi connectivity index (χ0n) is 15.5. The van der Waals surface area contributed by atoms with Crippen molar-refractivity contribution >= 4 is 57.4 Å². The van der Waals surface area contributed by atoms with E-state index in [0.717, 1.165) is 11.9 Å². The molecule has 2 N–H and O–H groups in total. The van der Waals surface area contributed by atoms with Crippen LogP contribution in [0.4, 0.5) is 5.69 Å². The number of hydrogen-bond acceptors (Lipinski definition) is 3. The molecule has 2 aromatic carbocycles. The van der Waals surface area contributed by atoms with E-state index in [-0.39, 0.29) is 22.6 Å². The van der Waals surface area contributed by atoms with Crippen LogP contribution in [0, 0.1) is 5.92 Å². The van der Waals surface area contributed by atoms with Gasteiger partial charge in [0.05, 0.1) is 21.6 Å². The number of carbonyl (C=O) groups is 1. The van der Waals surface area contributed by atoms with Crippen LogP contribution in [0.2, 0.25) is 10.0 Å². The third-order valence-corrected chi connectivity index (χ3v) is 5.10. The van der Waals surface area contributed by atoms with E-state index in [4.69, 9.17) is 39.8 Å². The minimum absolute atomic E-state index is 0.0668. The number of aromatic nitrogens is 2. The first kappa shape index (κ1) is 20.8. The van der Waals surface area contributed by atoms with Crippen LogP contribution >= 0.6 is 34.8 Å². The summed E-state index contributed by atoms with van der Waals surface area (Å²) in [6.07, 6.45) is 0.929. The standard InChI is InChI=1S/C20H20Cl3N3O2/c1-11(2)5-6-26-17-4-3-13(24-18(27)10-21)9-16(17)25-20(26)14-7-12(22)8-15(23)19(14)28/h3-4,7-9,11,28H,5-6,10H2,1-2H3,(H,24,27). The molecule has 0 bridgehead atoms. The summed E-state index contributed by atoms with van der Waals surface area (Å²) < 4.78 is 2.03. The molecule has 0 unspecified atom stereocenters. The molecule has 1 aromatic heterocycles. The Hall–Kier alpha value is -1.95. The zero-order valence-corrected chi connectivity index (χ0v) is 17.7. The molecular weight excluding hydrogens is 421 g/mol. The molecule has 1 amide bonds. The Morgan fingerprint density at radius 1 is 1.25 bits per heavy atom. The predicted molar refractivity (Wildman–Crippen MR) is 116 cm³/mol. The van der Waals surface area contributed by atoms with Gasteiger partial charge in [0, 0.05) is 17.3 Å². The number of benzene rings is 2. The van der Waals surface area contributed by atoms with Gasteiger partial charge in [0.25, 0.3) is 0 Å². The van der Waals surface area contributed by atoms with Crippen molar-refractivity contribution < 1.29 is 9.90 Å². The Balaban J connectivity index is 2.17. The minimum atomic E-state index is -0.292. The lowest BCUT2D eigenvalue weighted by molar-refractivity contribution is -0.113. The Morgan fingerprint density at radius 3 is 2.68 bits per heavy atom. The number of alkyl halides is 1. The average Bonchev–Trinajstić information content (AvgIpc) is 3.00. The van der Waals surface area contributed by atoms with Gasteiger partial charge in [-0.2, -0.15) is 0 Å². The number of rotatable bonds is 6. The van der Waals surface area contributed by atoms with Gasteiger partial charge in [-0.3, -0.25) is 4.79 Å². The second kappa shape index (κ2) is 8.60. The first-order chi connectivity index (χ1) is 13.3. The van der Waals surface area contributed by atoms with Gasteiger partial charge in [-0.15, -0.1) is 11.6 Å². The Bertz CT molecular complexity index is 1030. The molecule has 148 valence electrons. The third kappa shape index (κ3) is 4.37. The van der Waals surface area contributed by atoms with Crippen LogP contribution in [-0.2, 0) is 11.3 Å². The summed E-state index contributed by atoms with van der Waals surface area (Å²) in [6.45, 7) is 5.00. The van der Waals surface area contributed by atoms with Crippen LogP contribution in [0.5, 0.6) is 5.75 Å². The maximum atomic E-state index is 11.6. The highest BCUT2D eigenvalue weighted by molar-refractivity contribution is 6.36. The summed E-state index contributed by atoms with van der Waals surface area (Å²) in [7, 11) is 0. The highest BCUT2D eigenvalue weighted by Crippen LogP contribution is 2.39. The number of phenols is 1. The maximum Gasteiger partial charge on any atom is 0.239 e. The molecule has 0 saturated carbocycles. The molecule has 5 nitrogen and oxygen atoms in total. The second-order valence-electron chi connectivity index (χ2n) is 6.94. The van der Waals surface area contributed by atoms with E-state index in [1.165, 1.54) is 6.07 Å². The topological polar surface area (TPSA) is 67.2 Å². The monoisotopic (exact) mass is 439 g/mol. The molecule has 0 saturated heterocycles. The van der Waals surface area contributed by atoms with Crippen molar-refractivity contribution in [2.45, 2.75) is 26.8 Å². The van der Waals surface area contributed by atoms with Crippen LogP contribution in [-0.4, -0.2) is 26.4 Å². The fourth-order valence-corrected chi connectivity index (χ4v) is 3.52. The van der Waals surface area contributed by atoms with Crippen molar-refractivity contribution in [2.24, 2.45) is 5.92 Å². The van der Waals surface area contributed by atoms with Crippen LogP contribution in [0.1, 0.15) is 20.3 Å². The van der Waals surface area contributed by atoms with E-state index in [2.05, 4.69) is 19.2 Å². The van der Waals surface area contributed by atoms with E-state index >= 15 is 0 Å². The Labute approximate surface area is 178 Å². The second-order valence-corrected chi connectivity index (χ2v) is 8.05. The number of nitrogens with zero attached hydrogens (tertiary/aromatic N) is 2. The normalized spacial score (nSPS) is 11.4. The Morgan fingerprint density at radius 2 is 2.00 bits per heavy atom. The van der Waals surface area contributed by atoms with Crippen LogP contribution < -0.4 is 5.32 Å². The van der Waals surface area contributed by atoms with E-state index < -0.39 is 0 Å². The molecule has 8 heteroatoms. The predicted octanol–water partition coefficient (Wildman–Crippen LogP) is 5.94. The maximum absolute atomic E-state index is 11.6. The first-order valence-electron chi connectivity index (χ1n) is 8.84. The summed E-state index contributed by atoms with van der Waals surface area (Å²) in [5.41, 5.74) is 2.63.